The van der Waals surface area contributed by atoms with Crippen LogP contribution in [0.25, 0.3) is 21.9 Å². The van der Waals surface area contributed by atoms with Crippen molar-refractivity contribution >= 4 is 49.2 Å². The lowest BCUT2D eigenvalue weighted by Crippen LogP contribution is -2.29. The van der Waals surface area contributed by atoms with Crippen molar-refractivity contribution in [2.24, 2.45) is 0 Å². The predicted octanol–water partition coefficient (Wildman–Crippen LogP) is 6.11. The van der Waals surface area contributed by atoms with Crippen LogP contribution in [0.15, 0.2) is 95.4 Å². The van der Waals surface area contributed by atoms with Crippen LogP contribution in [-0.4, -0.2) is 20.6 Å². The molecule has 0 aliphatic carbocycles. The van der Waals surface area contributed by atoms with E-state index in [2.05, 4.69) is 5.32 Å². The van der Waals surface area contributed by atoms with Crippen LogP contribution in [0.2, 0.25) is 0 Å². The third-order valence-electron chi connectivity index (χ3n) is 5.90. The number of nitrogens with zero attached hydrogens (tertiary/aromatic N) is 1. The number of rotatable bonds is 6. The van der Waals surface area contributed by atoms with Crippen LogP contribution in [0, 0.1) is 6.92 Å². The average Bonchev–Trinajstić information content (AvgIpc) is 3.21. The Morgan fingerprint density at radius 3 is 2.26 bits per heavy atom. The first-order chi connectivity index (χ1) is 16.8. The number of para-hydroxylation sites is 1. The van der Waals surface area contributed by atoms with Gasteiger partial charge in [-0.2, -0.15) is 0 Å². The molecule has 0 fully saturated rings. The van der Waals surface area contributed by atoms with Gasteiger partial charge < -0.3 is 9.73 Å². The number of aryl methyl sites for hydroxylation is 1. The average molecular weight is 485 g/mol. The number of nitrogens with one attached hydrogen (secondary N) is 1. The van der Waals surface area contributed by atoms with E-state index in [0.717, 1.165) is 27.5 Å². The highest BCUT2D eigenvalue weighted by Gasteiger charge is 2.18. The van der Waals surface area contributed by atoms with Crippen molar-refractivity contribution < 1.29 is 17.6 Å². The topological polar surface area (TPSA) is 79.6 Å². The van der Waals surface area contributed by atoms with Crippen LogP contribution in [-0.2, 0) is 16.6 Å². The van der Waals surface area contributed by atoms with E-state index in [0.29, 0.717) is 22.5 Å². The number of hydrogen-bond acceptors (Lipinski definition) is 4. The van der Waals surface area contributed by atoms with Gasteiger partial charge in [-0.05, 0) is 55.0 Å². The lowest BCUT2D eigenvalue weighted by molar-refractivity contribution is 0.102. The molecule has 0 saturated heterocycles. The summed E-state index contributed by atoms with van der Waals surface area (Å²) in [6.07, 6.45) is 1.19. The third kappa shape index (κ3) is 4.76. The van der Waals surface area contributed by atoms with Crippen LogP contribution < -0.4 is 9.62 Å². The van der Waals surface area contributed by atoms with Gasteiger partial charge in [-0.25, -0.2) is 8.42 Å². The summed E-state index contributed by atoms with van der Waals surface area (Å²) in [5, 5.41) is 4.93. The summed E-state index contributed by atoms with van der Waals surface area (Å²) < 4.78 is 32.1. The van der Waals surface area contributed by atoms with E-state index >= 15 is 0 Å². The minimum atomic E-state index is -3.48. The van der Waals surface area contributed by atoms with Gasteiger partial charge in [-0.15, -0.1) is 0 Å². The van der Waals surface area contributed by atoms with Crippen LogP contribution in [0.5, 0.6) is 0 Å². The molecule has 0 aliphatic heterocycles. The second kappa shape index (κ2) is 8.92. The Bertz CT molecular complexity index is 1640. The molecule has 0 radical (unpaired) electrons. The van der Waals surface area contributed by atoms with E-state index in [-0.39, 0.29) is 12.5 Å². The van der Waals surface area contributed by atoms with Gasteiger partial charge in [0.1, 0.15) is 11.2 Å². The van der Waals surface area contributed by atoms with Gasteiger partial charge in [0.2, 0.25) is 10.0 Å². The number of anilines is 2. The summed E-state index contributed by atoms with van der Waals surface area (Å²) in [4.78, 5) is 12.8. The fourth-order valence-electron chi connectivity index (χ4n) is 4.05. The summed E-state index contributed by atoms with van der Waals surface area (Å²) in [6.45, 7) is 2.12. The first-order valence-electron chi connectivity index (χ1n) is 11.1. The summed E-state index contributed by atoms with van der Waals surface area (Å²) in [5.41, 5.74) is 5.04. The van der Waals surface area contributed by atoms with Crippen molar-refractivity contribution in [2.75, 3.05) is 15.9 Å². The number of hydrogen-bond donors (Lipinski definition) is 1. The molecule has 1 N–H and O–H groups in total. The molecule has 1 aromatic heterocycles. The number of fused-ring (bicyclic) bond motifs is 3. The molecule has 0 spiro atoms. The number of amides is 1. The highest BCUT2D eigenvalue weighted by molar-refractivity contribution is 7.92. The molecule has 0 atom stereocenters. The van der Waals surface area contributed by atoms with Crippen LogP contribution in [0.4, 0.5) is 11.4 Å². The van der Waals surface area contributed by atoms with Gasteiger partial charge in [-0.1, -0.05) is 48.0 Å². The molecule has 0 saturated carbocycles. The van der Waals surface area contributed by atoms with Crippen molar-refractivity contribution in [3.63, 3.8) is 0 Å². The summed E-state index contributed by atoms with van der Waals surface area (Å²) >= 11 is 0. The molecular weight excluding hydrogens is 460 g/mol. The second-order valence-electron chi connectivity index (χ2n) is 8.57. The Labute approximate surface area is 203 Å². The van der Waals surface area contributed by atoms with Crippen molar-refractivity contribution in [1.29, 1.82) is 0 Å². The van der Waals surface area contributed by atoms with E-state index in [1.54, 1.807) is 36.4 Å². The van der Waals surface area contributed by atoms with E-state index in [1.165, 1.54) is 10.6 Å². The number of sulfonamides is 1. The zero-order chi connectivity index (χ0) is 24.6. The molecule has 5 rings (SSSR count). The number of carbonyl (C=O) groups excluding carboxylic acids is 1. The first kappa shape index (κ1) is 22.7. The van der Waals surface area contributed by atoms with Crippen LogP contribution >= 0.6 is 0 Å². The minimum Gasteiger partial charge on any atom is -0.456 e. The summed E-state index contributed by atoms with van der Waals surface area (Å²) in [7, 11) is -3.48. The largest absolute Gasteiger partial charge is 0.456 e. The molecule has 1 amide bonds. The molecule has 1 heterocycles. The SMILES string of the molecule is Cc1ccc(N(Cc2ccc(C(=O)Nc3ccc4c(c3)oc3ccccc34)cc2)S(C)(=O)=O)cc1. The predicted molar refractivity (Wildman–Crippen MR) is 140 cm³/mol. The molecule has 5 aromatic rings. The van der Waals surface area contributed by atoms with Crippen molar-refractivity contribution in [3.8, 4) is 0 Å². The van der Waals surface area contributed by atoms with E-state index in [4.69, 9.17) is 4.42 Å². The fourth-order valence-corrected chi connectivity index (χ4v) is 4.93. The second-order valence-corrected chi connectivity index (χ2v) is 10.5. The monoisotopic (exact) mass is 484 g/mol. The van der Waals surface area contributed by atoms with Gasteiger partial charge >= 0.3 is 0 Å². The van der Waals surface area contributed by atoms with E-state index in [1.807, 2.05) is 61.5 Å². The summed E-state index contributed by atoms with van der Waals surface area (Å²) in [5.74, 6) is -0.259. The Hall–Kier alpha value is -4.10. The molecule has 6 nitrogen and oxygen atoms in total. The van der Waals surface area contributed by atoms with Gasteiger partial charge in [0, 0.05) is 28.1 Å². The molecule has 35 heavy (non-hydrogen) atoms. The molecule has 176 valence electrons. The van der Waals surface area contributed by atoms with Crippen molar-refractivity contribution in [3.05, 3.63) is 108 Å². The first-order valence-corrected chi connectivity index (χ1v) is 13.0. The summed E-state index contributed by atoms with van der Waals surface area (Å²) in [6, 6.07) is 27.7. The Kier molecular flexibility index (Phi) is 5.78. The maximum Gasteiger partial charge on any atom is 0.255 e. The number of carbonyl (C=O) groups is 1. The van der Waals surface area contributed by atoms with Crippen LogP contribution in [0.3, 0.4) is 0 Å². The van der Waals surface area contributed by atoms with Gasteiger partial charge in [0.05, 0.1) is 18.5 Å². The van der Waals surface area contributed by atoms with Gasteiger partial charge in [0.15, 0.2) is 0 Å². The highest BCUT2D eigenvalue weighted by Crippen LogP contribution is 2.30. The van der Waals surface area contributed by atoms with E-state index < -0.39 is 10.0 Å². The highest BCUT2D eigenvalue weighted by atomic mass is 32.2. The number of furan rings is 1. The van der Waals surface area contributed by atoms with Crippen molar-refractivity contribution in [1.82, 2.24) is 0 Å². The van der Waals surface area contributed by atoms with Crippen LogP contribution in [0.1, 0.15) is 21.5 Å². The standard InChI is InChI=1S/C28H24N2O4S/c1-19-7-14-23(15-8-19)30(35(2,32)33)18-20-9-11-21(12-10-20)28(31)29-22-13-16-25-24-5-3-4-6-26(24)34-27(25)17-22/h3-17H,18H2,1-2H3,(H,29,31). The molecular formula is C28H24N2O4S. The van der Waals surface area contributed by atoms with E-state index in [9.17, 15) is 13.2 Å². The maximum absolute atomic E-state index is 12.8. The Morgan fingerprint density at radius 2 is 1.54 bits per heavy atom. The quantitative estimate of drug-likeness (QED) is 0.315. The molecule has 0 bridgehead atoms. The molecule has 0 aliphatic rings. The normalized spacial score (nSPS) is 11.6. The smallest absolute Gasteiger partial charge is 0.255 e. The maximum atomic E-state index is 12.8. The Balaban J connectivity index is 1.32. The lowest BCUT2D eigenvalue weighted by atomic mass is 10.1. The van der Waals surface area contributed by atoms with Gasteiger partial charge in [0.25, 0.3) is 5.91 Å². The third-order valence-corrected chi connectivity index (χ3v) is 7.04. The minimum absolute atomic E-state index is 0.173. The fraction of sp³-hybridized carbons (Fsp3) is 0.107. The molecule has 0 unspecified atom stereocenters. The number of benzene rings is 4. The lowest BCUT2D eigenvalue weighted by Gasteiger charge is -2.22. The van der Waals surface area contributed by atoms with Crippen molar-refractivity contribution in [2.45, 2.75) is 13.5 Å². The zero-order valence-corrected chi connectivity index (χ0v) is 20.2. The molecule has 7 heteroatoms. The molecule has 4 aromatic carbocycles. The zero-order valence-electron chi connectivity index (χ0n) is 19.4. The van der Waals surface area contributed by atoms with Gasteiger partial charge in [-0.3, -0.25) is 9.10 Å². The Morgan fingerprint density at radius 1 is 0.857 bits per heavy atom.